The number of aryl methyl sites for hydroxylation is 1. The SMILES string of the molecule is CC(=O)NCCCc1ccc(-c2csc(NC(=O)C(C)(C)c3ccccc3)n2)cc1. The highest BCUT2D eigenvalue weighted by atomic mass is 32.1. The molecule has 1 heterocycles. The molecular weight excluding hydrogens is 394 g/mol. The van der Waals surface area contributed by atoms with Crippen molar-refractivity contribution in [3.05, 3.63) is 71.1 Å². The van der Waals surface area contributed by atoms with Crippen LogP contribution in [0.3, 0.4) is 0 Å². The molecule has 1 aromatic heterocycles. The molecule has 0 atom stereocenters. The van der Waals surface area contributed by atoms with Gasteiger partial charge >= 0.3 is 0 Å². The highest BCUT2D eigenvalue weighted by molar-refractivity contribution is 7.14. The smallest absolute Gasteiger partial charge is 0.236 e. The molecule has 0 bridgehead atoms. The molecular formula is C24H27N3O2S. The van der Waals surface area contributed by atoms with Crippen LogP contribution >= 0.6 is 11.3 Å². The Morgan fingerprint density at radius 3 is 2.40 bits per heavy atom. The second kappa shape index (κ2) is 9.67. The van der Waals surface area contributed by atoms with Gasteiger partial charge in [0.05, 0.1) is 11.1 Å². The average Bonchev–Trinajstić information content (AvgIpc) is 3.20. The molecule has 0 spiro atoms. The lowest BCUT2D eigenvalue weighted by atomic mass is 9.84. The zero-order valence-corrected chi connectivity index (χ0v) is 18.4. The molecule has 0 aliphatic rings. The normalized spacial score (nSPS) is 11.2. The second-order valence-corrected chi connectivity index (χ2v) is 8.62. The third-order valence-corrected chi connectivity index (χ3v) is 5.81. The standard InChI is InChI=1S/C24H27N3O2S/c1-17(28)25-15-7-8-18-11-13-19(14-12-18)21-16-30-23(26-21)27-22(29)24(2,3)20-9-5-4-6-10-20/h4-6,9-14,16H,7-8,15H2,1-3H3,(H,25,28)(H,26,27,29). The topological polar surface area (TPSA) is 71.1 Å². The lowest BCUT2D eigenvalue weighted by Crippen LogP contribution is -2.34. The molecule has 0 fully saturated rings. The highest BCUT2D eigenvalue weighted by Crippen LogP contribution is 2.28. The number of aromatic nitrogens is 1. The molecule has 5 nitrogen and oxygen atoms in total. The van der Waals surface area contributed by atoms with E-state index < -0.39 is 5.41 Å². The van der Waals surface area contributed by atoms with Crippen LogP contribution in [0.25, 0.3) is 11.3 Å². The number of amides is 2. The van der Waals surface area contributed by atoms with Gasteiger partial charge in [0.1, 0.15) is 0 Å². The number of anilines is 1. The molecule has 0 unspecified atom stereocenters. The Hall–Kier alpha value is -2.99. The van der Waals surface area contributed by atoms with Crippen LogP contribution in [0.5, 0.6) is 0 Å². The maximum atomic E-state index is 12.8. The minimum Gasteiger partial charge on any atom is -0.356 e. The fourth-order valence-electron chi connectivity index (χ4n) is 3.10. The van der Waals surface area contributed by atoms with Crippen molar-refractivity contribution in [2.75, 3.05) is 11.9 Å². The van der Waals surface area contributed by atoms with Crippen LogP contribution in [0.4, 0.5) is 5.13 Å². The molecule has 0 saturated carbocycles. The van der Waals surface area contributed by atoms with Crippen molar-refractivity contribution in [1.29, 1.82) is 0 Å². The maximum absolute atomic E-state index is 12.8. The van der Waals surface area contributed by atoms with Crippen LogP contribution < -0.4 is 10.6 Å². The number of carbonyl (C=O) groups is 2. The van der Waals surface area contributed by atoms with Crippen LogP contribution in [0.1, 0.15) is 38.3 Å². The summed E-state index contributed by atoms with van der Waals surface area (Å²) in [6, 6.07) is 18.0. The van der Waals surface area contributed by atoms with Gasteiger partial charge in [-0.05, 0) is 37.8 Å². The number of carbonyl (C=O) groups excluding carboxylic acids is 2. The Morgan fingerprint density at radius 1 is 1.03 bits per heavy atom. The fraction of sp³-hybridized carbons (Fsp3) is 0.292. The zero-order chi connectivity index (χ0) is 21.6. The monoisotopic (exact) mass is 421 g/mol. The quantitative estimate of drug-likeness (QED) is 0.514. The predicted octanol–water partition coefficient (Wildman–Crippen LogP) is 4.80. The second-order valence-electron chi connectivity index (χ2n) is 7.77. The number of benzene rings is 2. The number of rotatable bonds is 8. The van der Waals surface area contributed by atoms with Crippen molar-refractivity contribution < 1.29 is 9.59 Å². The number of nitrogens with one attached hydrogen (secondary N) is 2. The Labute approximate surface area is 181 Å². The molecule has 3 aromatic rings. The molecule has 0 aliphatic carbocycles. The van der Waals surface area contributed by atoms with Crippen molar-refractivity contribution in [2.24, 2.45) is 0 Å². The lowest BCUT2D eigenvalue weighted by molar-refractivity contribution is -0.120. The van der Waals surface area contributed by atoms with Gasteiger partial charge in [-0.2, -0.15) is 0 Å². The first kappa shape index (κ1) is 21.7. The van der Waals surface area contributed by atoms with E-state index in [-0.39, 0.29) is 11.8 Å². The Morgan fingerprint density at radius 2 is 1.73 bits per heavy atom. The first-order valence-corrected chi connectivity index (χ1v) is 10.9. The largest absolute Gasteiger partial charge is 0.356 e. The van der Waals surface area contributed by atoms with Crippen LogP contribution in [0.15, 0.2) is 60.0 Å². The van der Waals surface area contributed by atoms with Crippen molar-refractivity contribution in [2.45, 2.75) is 39.0 Å². The van der Waals surface area contributed by atoms with E-state index in [1.165, 1.54) is 23.8 Å². The van der Waals surface area contributed by atoms with E-state index in [1.807, 2.05) is 61.7 Å². The molecule has 156 valence electrons. The Bertz CT molecular complexity index is 995. The lowest BCUT2D eigenvalue weighted by Gasteiger charge is -2.23. The van der Waals surface area contributed by atoms with Crippen LogP contribution in [0.2, 0.25) is 0 Å². The van der Waals surface area contributed by atoms with E-state index >= 15 is 0 Å². The van der Waals surface area contributed by atoms with Crippen LogP contribution in [-0.4, -0.2) is 23.3 Å². The molecule has 2 amide bonds. The number of hydrogen-bond donors (Lipinski definition) is 2. The minimum atomic E-state index is -0.647. The third-order valence-electron chi connectivity index (χ3n) is 5.05. The maximum Gasteiger partial charge on any atom is 0.236 e. The third kappa shape index (κ3) is 5.54. The van der Waals surface area contributed by atoms with Crippen LogP contribution in [-0.2, 0) is 21.4 Å². The molecule has 0 radical (unpaired) electrons. The first-order valence-electron chi connectivity index (χ1n) is 10.0. The minimum absolute atomic E-state index is 0.00364. The summed E-state index contributed by atoms with van der Waals surface area (Å²) in [6.07, 6.45) is 1.82. The molecule has 2 N–H and O–H groups in total. The van der Waals surface area contributed by atoms with E-state index in [4.69, 9.17) is 0 Å². The van der Waals surface area contributed by atoms with E-state index in [0.29, 0.717) is 11.7 Å². The summed E-state index contributed by atoms with van der Waals surface area (Å²) in [5, 5.41) is 8.32. The van der Waals surface area contributed by atoms with Gasteiger partial charge in [0.25, 0.3) is 0 Å². The Balaban J connectivity index is 1.60. The molecule has 2 aromatic carbocycles. The summed E-state index contributed by atoms with van der Waals surface area (Å²) in [7, 11) is 0. The van der Waals surface area contributed by atoms with Gasteiger partial charge in [0, 0.05) is 24.4 Å². The van der Waals surface area contributed by atoms with Crippen molar-refractivity contribution in [3.63, 3.8) is 0 Å². The summed E-state index contributed by atoms with van der Waals surface area (Å²) in [5.41, 5.74) is 3.40. The van der Waals surface area contributed by atoms with E-state index in [2.05, 4.69) is 27.8 Å². The molecule has 6 heteroatoms. The number of thiazole rings is 1. The summed E-state index contributed by atoms with van der Waals surface area (Å²) >= 11 is 1.42. The molecule has 30 heavy (non-hydrogen) atoms. The van der Waals surface area contributed by atoms with Gasteiger partial charge in [-0.15, -0.1) is 11.3 Å². The summed E-state index contributed by atoms with van der Waals surface area (Å²) in [4.78, 5) is 28.3. The summed E-state index contributed by atoms with van der Waals surface area (Å²) < 4.78 is 0. The van der Waals surface area contributed by atoms with Crippen molar-refractivity contribution in [1.82, 2.24) is 10.3 Å². The fourth-order valence-corrected chi connectivity index (χ4v) is 3.82. The van der Waals surface area contributed by atoms with Gasteiger partial charge in [-0.25, -0.2) is 4.98 Å². The molecule has 0 saturated heterocycles. The van der Waals surface area contributed by atoms with Gasteiger partial charge in [-0.1, -0.05) is 54.6 Å². The first-order chi connectivity index (χ1) is 14.4. The zero-order valence-electron chi connectivity index (χ0n) is 17.6. The summed E-state index contributed by atoms with van der Waals surface area (Å²) in [6.45, 7) is 6.04. The number of nitrogens with zero attached hydrogens (tertiary/aromatic N) is 1. The van der Waals surface area contributed by atoms with E-state index in [0.717, 1.165) is 29.7 Å². The van der Waals surface area contributed by atoms with Gasteiger partial charge in [0.15, 0.2) is 5.13 Å². The average molecular weight is 422 g/mol. The highest BCUT2D eigenvalue weighted by Gasteiger charge is 2.30. The van der Waals surface area contributed by atoms with Crippen molar-refractivity contribution in [3.8, 4) is 11.3 Å². The van der Waals surface area contributed by atoms with E-state index in [9.17, 15) is 9.59 Å². The predicted molar refractivity (Wildman–Crippen MR) is 123 cm³/mol. The van der Waals surface area contributed by atoms with Gasteiger partial charge in [-0.3, -0.25) is 9.59 Å². The Kier molecular flexibility index (Phi) is 7.00. The van der Waals surface area contributed by atoms with Gasteiger partial charge < -0.3 is 10.6 Å². The van der Waals surface area contributed by atoms with Gasteiger partial charge in [0.2, 0.25) is 11.8 Å². The molecule has 3 rings (SSSR count). The van der Waals surface area contributed by atoms with Crippen LogP contribution in [0, 0.1) is 0 Å². The van der Waals surface area contributed by atoms with Crippen molar-refractivity contribution >= 4 is 28.3 Å². The molecule has 0 aliphatic heterocycles. The van der Waals surface area contributed by atoms with E-state index in [1.54, 1.807) is 0 Å². The summed E-state index contributed by atoms with van der Waals surface area (Å²) in [5.74, 6) is -0.0759. The number of hydrogen-bond acceptors (Lipinski definition) is 4.